The molecule has 3 aromatic rings. The van der Waals surface area contributed by atoms with Crippen LogP contribution < -0.4 is 0 Å². The highest BCUT2D eigenvalue weighted by atomic mass is 15.0. The molecule has 0 aliphatic heterocycles. The van der Waals surface area contributed by atoms with E-state index in [4.69, 9.17) is 5.26 Å². The number of pyridine rings is 1. The Hall–Kier alpha value is -2.93. The number of aryl methyl sites for hydroxylation is 2. The molecule has 1 aromatic carbocycles. The van der Waals surface area contributed by atoms with Crippen molar-refractivity contribution in [3.05, 3.63) is 60.0 Å². The lowest BCUT2D eigenvalue weighted by Gasteiger charge is -2.07. The first-order chi connectivity index (χ1) is 10.2. The van der Waals surface area contributed by atoms with Crippen molar-refractivity contribution in [2.24, 2.45) is 7.05 Å². The molecule has 2 aromatic heterocycles. The minimum atomic E-state index is 0.584. The van der Waals surface area contributed by atoms with Gasteiger partial charge in [0.15, 0.2) is 0 Å². The molecule has 4 nitrogen and oxygen atoms in total. The Balaban J connectivity index is 2.17. The summed E-state index contributed by atoms with van der Waals surface area (Å²) in [4.78, 5) is 8.80. The summed E-state index contributed by atoms with van der Waals surface area (Å²) in [6.07, 6.45) is 3.41. The summed E-state index contributed by atoms with van der Waals surface area (Å²) in [5.74, 6) is 0. The van der Waals surface area contributed by atoms with Crippen LogP contribution in [0.25, 0.3) is 22.6 Å². The molecule has 0 bridgehead atoms. The number of hydrogen-bond acceptors (Lipinski definition) is 3. The topological polar surface area (TPSA) is 54.5 Å². The molecule has 0 saturated carbocycles. The smallest absolute Gasteiger partial charge is 0.115 e. The quantitative estimate of drug-likeness (QED) is 0.720. The Kier molecular flexibility index (Phi) is 3.25. The van der Waals surface area contributed by atoms with Gasteiger partial charge >= 0.3 is 0 Å². The lowest BCUT2D eigenvalue weighted by Crippen LogP contribution is -1.93. The Morgan fingerprint density at radius 3 is 2.57 bits per heavy atom. The van der Waals surface area contributed by atoms with Crippen molar-refractivity contribution in [3.63, 3.8) is 0 Å². The maximum absolute atomic E-state index is 9.03. The van der Waals surface area contributed by atoms with Crippen LogP contribution in [-0.2, 0) is 7.05 Å². The van der Waals surface area contributed by atoms with Crippen LogP contribution in [0.1, 0.15) is 11.1 Å². The molecule has 0 fully saturated rings. The second-order valence-electron chi connectivity index (χ2n) is 4.96. The Morgan fingerprint density at radius 1 is 1.10 bits per heavy atom. The van der Waals surface area contributed by atoms with Gasteiger partial charge in [-0.15, -0.1) is 0 Å². The Morgan fingerprint density at radius 2 is 1.86 bits per heavy atom. The molecule has 0 radical (unpaired) electrons. The van der Waals surface area contributed by atoms with Gasteiger partial charge in [0, 0.05) is 18.8 Å². The third-order valence-electron chi connectivity index (χ3n) is 3.39. The largest absolute Gasteiger partial charge is 0.333 e. The van der Waals surface area contributed by atoms with E-state index in [-0.39, 0.29) is 0 Å². The normalized spacial score (nSPS) is 10.3. The molecule has 0 atom stereocenters. The van der Waals surface area contributed by atoms with Crippen LogP contribution in [-0.4, -0.2) is 14.5 Å². The monoisotopic (exact) mass is 274 g/mol. The predicted octanol–water partition coefficient (Wildman–Crippen LogP) is 3.33. The van der Waals surface area contributed by atoms with Crippen molar-refractivity contribution >= 4 is 0 Å². The molecule has 0 N–H and O–H groups in total. The minimum absolute atomic E-state index is 0.584. The number of nitrogens with zero attached hydrogens (tertiary/aromatic N) is 4. The zero-order valence-corrected chi connectivity index (χ0v) is 11.9. The summed E-state index contributed by atoms with van der Waals surface area (Å²) >= 11 is 0. The molecule has 0 spiro atoms. The third-order valence-corrected chi connectivity index (χ3v) is 3.39. The molecular weight excluding hydrogens is 260 g/mol. The first-order valence-corrected chi connectivity index (χ1v) is 6.64. The maximum atomic E-state index is 9.03. The molecule has 21 heavy (non-hydrogen) atoms. The van der Waals surface area contributed by atoms with Crippen molar-refractivity contribution in [3.8, 4) is 28.7 Å². The second kappa shape index (κ2) is 5.22. The molecule has 3 rings (SSSR count). The van der Waals surface area contributed by atoms with Crippen LogP contribution in [0.5, 0.6) is 0 Å². The van der Waals surface area contributed by atoms with Gasteiger partial charge < -0.3 is 4.57 Å². The van der Waals surface area contributed by atoms with E-state index in [0.717, 1.165) is 17.0 Å². The summed E-state index contributed by atoms with van der Waals surface area (Å²) in [6.45, 7) is 2.06. The Labute approximate surface area is 123 Å². The van der Waals surface area contributed by atoms with E-state index in [1.54, 1.807) is 24.7 Å². The molecule has 0 saturated heterocycles. The van der Waals surface area contributed by atoms with E-state index in [0.29, 0.717) is 11.3 Å². The van der Waals surface area contributed by atoms with Crippen LogP contribution in [0.2, 0.25) is 0 Å². The lowest BCUT2D eigenvalue weighted by atomic mass is 10.1. The van der Waals surface area contributed by atoms with E-state index in [9.17, 15) is 0 Å². The van der Waals surface area contributed by atoms with E-state index in [1.165, 1.54) is 5.56 Å². The summed E-state index contributed by atoms with van der Waals surface area (Å²) in [5, 5.41) is 9.03. The van der Waals surface area contributed by atoms with Crippen molar-refractivity contribution in [2.75, 3.05) is 0 Å². The molecule has 0 aliphatic rings. The third kappa shape index (κ3) is 2.41. The second-order valence-corrected chi connectivity index (χ2v) is 4.96. The van der Waals surface area contributed by atoms with E-state index >= 15 is 0 Å². The van der Waals surface area contributed by atoms with Gasteiger partial charge in [0.05, 0.1) is 29.3 Å². The highest BCUT2D eigenvalue weighted by Gasteiger charge is 2.14. The average molecular weight is 274 g/mol. The summed E-state index contributed by atoms with van der Waals surface area (Å²) in [7, 11) is 1.96. The zero-order chi connectivity index (χ0) is 14.8. The van der Waals surface area contributed by atoms with Crippen LogP contribution in [0.15, 0.2) is 48.9 Å². The summed E-state index contributed by atoms with van der Waals surface area (Å²) in [6, 6.07) is 13.9. The van der Waals surface area contributed by atoms with Gasteiger partial charge in [-0.25, -0.2) is 4.98 Å². The van der Waals surface area contributed by atoms with Crippen molar-refractivity contribution < 1.29 is 0 Å². The number of nitriles is 1. The SMILES string of the molecule is Cc1ccc(-c2c(-c3cc(C#N)ccn3)ncn2C)cc1. The molecule has 0 unspecified atom stereocenters. The van der Waals surface area contributed by atoms with Gasteiger partial charge in [-0.2, -0.15) is 5.26 Å². The van der Waals surface area contributed by atoms with E-state index < -0.39 is 0 Å². The fourth-order valence-corrected chi connectivity index (χ4v) is 2.30. The molecule has 102 valence electrons. The standard InChI is InChI=1S/C17H14N4/c1-12-3-5-14(6-4-12)17-16(20-11-21(17)2)15-9-13(10-18)7-8-19-15/h3-9,11H,1-2H3. The number of aromatic nitrogens is 3. The number of rotatable bonds is 2. The minimum Gasteiger partial charge on any atom is -0.333 e. The van der Waals surface area contributed by atoms with Crippen LogP contribution in [0, 0.1) is 18.3 Å². The first kappa shape index (κ1) is 13.1. The highest BCUT2D eigenvalue weighted by Crippen LogP contribution is 2.29. The molecule has 2 heterocycles. The highest BCUT2D eigenvalue weighted by molar-refractivity contribution is 5.77. The van der Waals surface area contributed by atoms with E-state index in [2.05, 4.69) is 47.2 Å². The zero-order valence-electron chi connectivity index (χ0n) is 11.9. The number of hydrogen-bond donors (Lipinski definition) is 0. The molecule has 0 amide bonds. The number of benzene rings is 1. The van der Waals surface area contributed by atoms with E-state index in [1.807, 2.05) is 11.6 Å². The van der Waals surface area contributed by atoms with Gasteiger partial charge in [0.2, 0.25) is 0 Å². The van der Waals surface area contributed by atoms with Crippen molar-refractivity contribution in [2.45, 2.75) is 6.92 Å². The van der Waals surface area contributed by atoms with Gasteiger partial charge in [-0.3, -0.25) is 4.98 Å². The first-order valence-electron chi connectivity index (χ1n) is 6.64. The van der Waals surface area contributed by atoms with Gasteiger partial charge in [-0.1, -0.05) is 29.8 Å². The lowest BCUT2D eigenvalue weighted by molar-refractivity contribution is 0.921. The molecule has 4 heteroatoms. The van der Waals surface area contributed by atoms with Crippen LogP contribution in [0.4, 0.5) is 0 Å². The summed E-state index contributed by atoms with van der Waals surface area (Å²) in [5.41, 5.74) is 5.38. The van der Waals surface area contributed by atoms with Gasteiger partial charge in [-0.05, 0) is 19.1 Å². The summed E-state index contributed by atoms with van der Waals surface area (Å²) < 4.78 is 1.97. The van der Waals surface area contributed by atoms with Gasteiger partial charge in [0.1, 0.15) is 5.69 Å². The predicted molar refractivity (Wildman–Crippen MR) is 81.3 cm³/mol. The Bertz CT molecular complexity index is 823. The average Bonchev–Trinajstić information content (AvgIpc) is 2.90. The fraction of sp³-hybridized carbons (Fsp3) is 0.118. The maximum Gasteiger partial charge on any atom is 0.115 e. The molecule has 0 aliphatic carbocycles. The van der Waals surface area contributed by atoms with Crippen LogP contribution >= 0.6 is 0 Å². The van der Waals surface area contributed by atoms with Gasteiger partial charge in [0.25, 0.3) is 0 Å². The van der Waals surface area contributed by atoms with Crippen molar-refractivity contribution in [1.82, 2.24) is 14.5 Å². The fourth-order valence-electron chi connectivity index (χ4n) is 2.30. The van der Waals surface area contributed by atoms with Crippen LogP contribution in [0.3, 0.4) is 0 Å². The number of imidazole rings is 1. The van der Waals surface area contributed by atoms with Crippen molar-refractivity contribution in [1.29, 1.82) is 5.26 Å². The molecular formula is C17H14N4.